The van der Waals surface area contributed by atoms with Crippen molar-refractivity contribution >= 4 is 34.8 Å². The van der Waals surface area contributed by atoms with Crippen LogP contribution in [0.2, 0.25) is 10.0 Å². The highest BCUT2D eigenvalue weighted by atomic mass is 35.5. The Bertz CT molecular complexity index is 1410. The lowest BCUT2D eigenvalue weighted by Gasteiger charge is -2.13. The molecule has 2 N–H and O–H groups in total. The molecule has 0 saturated heterocycles. The highest BCUT2D eigenvalue weighted by molar-refractivity contribution is 6.35. The zero-order valence-corrected chi connectivity index (χ0v) is 20.9. The minimum absolute atomic E-state index is 0.0323. The molecule has 0 unspecified atom stereocenters. The number of phenols is 1. The van der Waals surface area contributed by atoms with Crippen LogP contribution in [-0.2, 0) is 17.4 Å². The normalized spacial score (nSPS) is 11.3. The molecule has 9 heteroatoms. The molecule has 0 atom stereocenters. The van der Waals surface area contributed by atoms with E-state index in [4.69, 9.17) is 27.9 Å². The Labute approximate surface area is 221 Å². The third-order valence-electron chi connectivity index (χ3n) is 5.52. The summed E-state index contributed by atoms with van der Waals surface area (Å²) < 4.78 is 44.1. The van der Waals surface area contributed by atoms with Crippen molar-refractivity contribution in [2.45, 2.75) is 19.5 Å². The summed E-state index contributed by atoms with van der Waals surface area (Å²) in [6.07, 6.45) is -4.36. The molecular formula is C28H20Cl2F3NO3. The quantitative estimate of drug-likeness (QED) is 0.238. The molecule has 4 aromatic rings. The zero-order chi connectivity index (χ0) is 26.7. The van der Waals surface area contributed by atoms with Gasteiger partial charge in [-0.25, -0.2) is 0 Å². The van der Waals surface area contributed by atoms with Crippen LogP contribution in [0.25, 0.3) is 11.1 Å². The number of halogens is 5. The molecule has 0 saturated carbocycles. The lowest BCUT2D eigenvalue weighted by atomic mass is 10.0. The van der Waals surface area contributed by atoms with Crippen molar-refractivity contribution < 1.29 is 27.8 Å². The molecular weight excluding hydrogens is 526 g/mol. The van der Waals surface area contributed by atoms with Crippen molar-refractivity contribution in [3.05, 3.63) is 106 Å². The van der Waals surface area contributed by atoms with Gasteiger partial charge in [0.25, 0.3) is 0 Å². The minimum atomic E-state index is -4.39. The smallest absolute Gasteiger partial charge is 0.416 e. The Kier molecular flexibility index (Phi) is 7.66. The van der Waals surface area contributed by atoms with Crippen molar-refractivity contribution in [3.8, 4) is 28.4 Å². The van der Waals surface area contributed by atoms with Gasteiger partial charge in [-0.3, -0.25) is 4.79 Å². The van der Waals surface area contributed by atoms with Crippen LogP contribution < -0.4 is 10.1 Å². The van der Waals surface area contributed by atoms with Gasteiger partial charge in [-0.15, -0.1) is 0 Å². The summed E-state index contributed by atoms with van der Waals surface area (Å²) in [5.41, 5.74) is 2.27. The van der Waals surface area contributed by atoms with Gasteiger partial charge in [0.1, 0.15) is 17.2 Å². The number of rotatable bonds is 6. The van der Waals surface area contributed by atoms with E-state index in [1.54, 1.807) is 49.4 Å². The molecule has 4 nitrogen and oxygen atoms in total. The van der Waals surface area contributed by atoms with Crippen molar-refractivity contribution in [3.63, 3.8) is 0 Å². The summed E-state index contributed by atoms with van der Waals surface area (Å²) in [5, 5.41) is 13.8. The lowest BCUT2D eigenvalue weighted by molar-refractivity contribution is -0.137. The first kappa shape index (κ1) is 26.4. The molecule has 0 bridgehead atoms. The van der Waals surface area contributed by atoms with Crippen LogP contribution in [0.3, 0.4) is 0 Å². The summed E-state index contributed by atoms with van der Waals surface area (Å²) in [4.78, 5) is 12.5. The SMILES string of the molecule is Cc1cc(Cl)cc(Cl)c1Oc1ccc(NC(=O)Cc2ccc(-c3ccc(C(F)(F)F)cc3)cc2)c(O)c1. The second-order valence-electron chi connectivity index (χ2n) is 8.31. The fraction of sp³-hybridized carbons (Fsp3) is 0.107. The van der Waals surface area contributed by atoms with Gasteiger partial charge in [0.15, 0.2) is 0 Å². The summed E-state index contributed by atoms with van der Waals surface area (Å²) in [6, 6.07) is 19.5. The van der Waals surface area contributed by atoms with Crippen molar-refractivity contribution in [1.82, 2.24) is 0 Å². The summed E-state index contributed by atoms with van der Waals surface area (Å²) >= 11 is 12.2. The van der Waals surface area contributed by atoms with E-state index < -0.39 is 11.7 Å². The molecule has 0 aliphatic heterocycles. The highest BCUT2D eigenvalue weighted by Crippen LogP contribution is 2.37. The van der Waals surface area contributed by atoms with E-state index >= 15 is 0 Å². The Morgan fingerprint density at radius 2 is 1.54 bits per heavy atom. The number of aryl methyl sites for hydroxylation is 1. The van der Waals surface area contributed by atoms with Gasteiger partial charge < -0.3 is 15.2 Å². The minimum Gasteiger partial charge on any atom is -0.506 e. The van der Waals surface area contributed by atoms with E-state index in [-0.39, 0.29) is 23.8 Å². The average Bonchev–Trinajstić information content (AvgIpc) is 2.83. The van der Waals surface area contributed by atoms with Gasteiger partial charge in [-0.05, 0) is 65.6 Å². The van der Waals surface area contributed by atoms with Crippen LogP contribution in [0.1, 0.15) is 16.7 Å². The fourth-order valence-corrected chi connectivity index (χ4v) is 4.30. The Morgan fingerprint density at radius 1 is 0.919 bits per heavy atom. The van der Waals surface area contributed by atoms with Crippen LogP contribution in [0.5, 0.6) is 17.2 Å². The zero-order valence-electron chi connectivity index (χ0n) is 19.4. The largest absolute Gasteiger partial charge is 0.506 e. The number of carbonyl (C=O) groups is 1. The number of hydrogen-bond donors (Lipinski definition) is 2. The maximum Gasteiger partial charge on any atom is 0.416 e. The van der Waals surface area contributed by atoms with E-state index in [0.717, 1.165) is 23.3 Å². The van der Waals surface area contributed by atoms with E-state index in [2.05, 4.69) is 5.32 Å². The predicted octanol–water partition coefficient (Wildman–Crippen LogP) is 8.67. The van der Waals surface area contributed by atoms with Gasteiger partial charge in [-0.2, -0.15) is 13.2 Å². The molecule has 190 valence electrons. The van der Waals surface area contributed by atoms with Crippen molar-refractivity contribution in [2.24, 2.45) is 0 Å². The van der Waals surface area contributed by atoms with E-state index in [1.165, 1.54) is 24.3 Å². The fourth-order valence-electron chi connectivity index (χ4n) is 3.66. The van der Waals surface area contributed by atoms with Crippen LogP contribution in [0, 0.1) is 6.92 Å². The van der Waals surface area contributed by atoms with Gasteiger partial charge >= 0.3 is 6.18 Å². The van der Waals surface area contributed by atoms with Crippen LogP contribution in [0.4, 0.5) is 18.9 Å². The van der Waals surface area contributed by atoms with Gasteiger partial charge in [0.2, 0.25) is 5.91 Å². The molecule has 0 spiro atoms. The number of ether oxygens (including phenoxy) is 1. The first-order chi connectivity index (χ1) is 17.5. The standard InChI is InChI=1S/C28H20Cl2F3NO3/c1-16-12-21(29)14-23(30)27(16)37-22-10-11-24(25(35)15-22)34-26(36)13-17-2-4-18(5-3-17)19-6-8-20(9-7-19)28(31,32)33/h2-12,14-15,35H,13H2,1H3,(H,34,36). The third kappa shape index (κ3) is 6.56. The third-order valence-corrected chi connectivity index (χ3v) is 6.02. The molecule has 0 aliphatic carbocycles. The summed E-state index contributed by atoms with van der Waals surface area (Å²) in [7, 11) is 0. The van der Waals surface area contributed by atoms with Crippen LogP contribution in [0.15, 0.2) is 78.9 Å². The number of amides is 1. The Morgan fingerprint density at radius 3 is 2.11 bits per heavy atom. The molecule has 37 heavy (non-hydrogen) atoms. The number of nitrogens with one attached hydrogen (secondary N) is 1. The molecule has 0 heterocycles. The van der Waals surface area contributed by atoms with Gasteiger partial charge in [-0.1, -0.05) is 59.6 Å². The number of aromatic hydroxyl groups is 1. The first-order valence-electron chi connectivity index (χ1n) is 11.0. The molecule has 0 radical (unpaired) electrons. The Balaban J connectivity index is 1.38. The molecule has 0 fully saturated rings. The number of anilines is 1. The maximum absolute atomic E-state index is 12.8. The number of carbonyl (C=O) groups excluding carboxylic acids is 1. The van der Waals surface area contributed by atoms with E-state index in [1.807, 2.05) is 0 Å². The van der Waals surface area contributed by atoms with E-state index in [0.29, 0.717) is 32.7 Å². The molecule has 0 aromatic heterocycles. The second-order valence-corrected chi connectivity index (χ2v) is 9.16. The number of hydrogen-bond acceptors (Lipinski definition) is 3. The average molecular weight is 546 g/mol. The lowest BCUT2D eigenvalue weighted by Crippen LogP contribution is -2.14. The second kappa shape index (κ2) is 10.7. The number of phenolic OH excluding ortho intramolecular Hbond substituents is 1. The molecule has 0 aliphatic rings. The van der Waals surface area contributed by atoms with Gasteiger partial charge in [0, 0.05) is 11.1 Å². The molecule has 4 rings (SSSR count). The van der Waals surface area contributed by atoms with Crippen LogP contribution in [-0.4, -0.2) is 11.0 Å². The van der Waals surface area contributed by atoms with E-state index in [9.17, 15) is 23.1 Å². The summed E-state index contributed by atoms with van der Waals surface area (Å²) in [5.74, 6) is 0.178. The molecule has 4 aromatic carbocycles. The van der Waals surface area contributed by atoms with Crippen molar-refractivity contribution in [2.75, 3.05) is 5.32 Å². The maximum atomic E-state index is 12.8. The van der Waals surface area contributed by atoms with Crippen LogP contribution >= 0.6 is 23.2 Å². The Hall–Kier alpha value is -3.68. The van der Waals surface area contributed by atoms with Gasteiger partial charge in [0.05, 0.1) is 22.7 Å². The molecule has 1 amide bonds. The monoisotopic (exact) mass is 545 g/mol. The number of alkyl halides is 3. The number of benzene rings is 4. The highest BCUT2D eigenvalue weighted by Gasteiger charge is 2.29. The van der Waals surface area contributed by atoms with Crippen molar-refractivity contribution in [1.29, 1.82) is 0 Å². The summed E-state index contributed by atoms with van der Waals surface area (Å²) in [6.45, 7) is 1.79. The predicted molar refractivity (Wildman–Crippen MR) is 139 cm³/mol. The topological polar surface area (TPSA) is 58.6 Å². The first-order valence-corrected chi connectivity index (χ1v) is 11.8.